The summed E-state index contributed by atoms with van der Waals surface area (Å²) >= 11 is 0. The molecule has 0 saturated heterocycles. The maximum absolute atomic E-state index is 12.0. The number of anilines is 1. The lowest BCUT2D eigenvalue weighted by Crippen LogP contribution is -2.24. The molecule has 1 rings (SSSR count). The van der Waals surface area contributed by atoms with Crippen LogP contribution in [0.25, 0.3) is 0 Å². The van der Waals surface area contributed by atoms with Gasteiger partial charge in [0.1, 0.15) is 0 Å². The van der Waals surface area contributed by atoms with Crippen LogP contribution in [0.2, 0.25) is 0 Å². The highest BCUT2D eigenvalue weighted by Gasteiger charge is 2.14. The van der Waals surface area contributed by atoms with Gasteiger partial charge in [0, 0.05) is 20.5 Å². The van der Waals surface area contributed by atoms with Gasteiger partial charge < -0.3 is 16.0 Å². The summed E-state index contributed by atoms with van der Waals surface area (Å²) in [4.78, 5) is 25.5. The molecule has 21 heavy (non-hydrogen) atoms. The van der Waals surface area contributed by atoms with Crippen LogP contribution in [0.3, 0.4) is 0 Å². The molecule has 0 fully saturated rings. The van der Waals surface area contributed by atoms with Gasteiger partial charge in [-0.15, -0.1) is 0 Å². The van der Waals surface area contributed by atoms with E-state index in [2.05, 4.69) is 5.32 Å². The lowest BCUT2D eigenvalue weighted by molar-refractivity contribution is -0.116. The molecular weight excluding hydrogens is 266 g/mol. The van der Waals surface area contributed by atoms with E-state index in [0.29, 0.717) is 24.2 Å². The summed E-state index contributed by atoms with van der Waals surface area (Å²) < 4.78 is 0. The van der Waals surface area contributed by atoms with Crippen LogP contribution in [-0.2, 0) is 4.79 Å². The van der Waals surface area contributed by atoms with Gasteiger partial charge >= 0.3 is 0 Å². The van der Waals surface area contributed by atoms with Gasteiger partial charge in [-0.2, -0.15) is 0 Å². The summed E-state index contributed by atoms with van der Waals surface area (Å²) in [7, 11) is 3.39. The summed E-state index contributed by atoms with van der Waals surface area (Å²) in [5.41, 5.74) is 6.51. The summed E-state index contributed by atoms with van der Waals surface area (Å²) in [6.07, 6.45) is 4.37. The zero-order valence-electron chi connectivity index (χ0n) is 12.9. The number of nitrogens with one attached hydrogen (secondary N) is 1. The predicted octanol–water partition coefficient (Wildman–Crippen LogP) is 2.24. The molecule has 0 aliphatic rings. The Labute approximate surface area is 126 Å². The third-order valence-electron chi connectivity index (χ3n) is 3.20. The van der Waals surface area contributed by atoms with Crippen LogP contribution in [0.4, 0.5) is 5.69 Å². The number of carbonyl (C=O) groups is 2. The summed E-state index contributed by atoms with van der Waals surface area (Å²) in [5.74, 6) is -0.171. The van der Waals surface area contributed by atoms with Crippen molar-refractivity contribution in [2.75, 3.05) is 26.0 Å². The minimum Gasteiger partial charge on any atom is -0.345 e. The topological polar surface area (TPSA) is 75.4 Å². The van der Waals surface area contributed by atoms with Crippen molar-refractivity contribution in [3.8, 4) is 0 Å². The Bertz CT molecular complexity index is 472. The third-order valence-corrected chi connectivity index (χ3v) is 3.20. The molecule has 3 N–H and O–H groups in total. The molecule has 0 heterocycles. The number of nitrogens with two attached hydrogens (primary N) is 1. The molecule has 0 atom stereocenters. The van der Waals surface area contributed by atoms with E-state index in [1.165, 1.54) is 4.90 Å². The number of hydrogen-bond acceptors (Lipinski definition) is 3. The van der Waals surface area contributed by atoms with Crippen molar-refractivity contribution in [1.82, 2.24) is 4.90 Å². The number of rotatable bonds is 8. The molecule has 5 nitrogen and oxygen atoms in total. The Balaban J connectivity index is 2.54. The minimum atomic E-state index is -0.117. The molecule has 1 aromatic carbocycles. The second kappa shape index (κ2) is 9.13. The van der Waals surface area contributed by atoms with E-state index in [1.54, 1.807) is 32.3 Å². The van der Waals surface area contributed by atoms with Crippen LogP contribution in [-0.4, -0.2) is 37.4 Å². The van der Waals surface area contributed by atoms with E-state index in [9.17, 15) is 9.59 Å². The Morgan fingerprint density at radius 1 is 1.10 bits per heavy atom. The lowest BCUT2D eigenvalue weighted by atomic mass is 10.1. The molecule has 0 radical (unpaired) electrons. The number of unbranched alkanes of at least 4 members (excludes halogenated alkanes) is 3. The molecule has 0 unspecified atom stereocenters. The predicted molar refractivity (Wildman–Crippen MR) is 85.2 cm³/mol. The average molecular weight is 291 g/mol. The second-order valence-electron chi connectivity index (χ2n) is 5.25. The summed E-state index contributed by atoms with van der Waals surface area (Å²) in [6.45, 7) is 0.701. The number of benzene rings is 1. The molecule has 0 aromatic heterocycles. The normalized spacial score (nSPS) is 10.2. The monoisotopic (exact) mass is 291 g/mol. The van der Waals surface area contributed by atoms with Crippen molar-refractivity contribution in [3.05, 3.63) is 29.8 Å². The fraction of sp³-hybridized carbons (Fsp3) is 0.500. The van der Waals surface area contributed by atoms with Crippen molar-refractivity contribution < 1.29 is 9.59 Å². The minimum absolute atomic E-state index is 0.0539. The lowest BCUT2D eigenvalue weighted by Gasteiger charge is -2.14. The molecule has 116 valence electrons. The van der Waals surface area contributed by atoms with E-state index < -0.39 is 0 Å². The van der Waals surface area contributed by atoms with Crippen molar-refractivity contribution in [1.29, 1.82) is 0 Å². The van der Waals surface area contributed by atoms with Crippen LogP contribution in [0.5, 0.6) is 0 Å². The molecule has 0 bridgehead atoms. The first-order valence-corrected chi connectivity index (χ1v) is 7.37. The SMILES string of the molecule is CN(C)C(=O)c1ccccc1NC(=O)CCCCCCN. The van der Waals surface area contributed by atoms with Crippen LogP contribution >= 0.6 is 0 Å². The molecule has 0 aliphatic carbocycles. The quantitative estimate of drug-likeness (QED) is 0.721. The first-order valence-electron chi connectivity index (χ1n) is 7.37. The zero-order chi connectivity index (χ0) is 15.7. The van der Waals surface area contributed by atoms with Gasteiger partial charge in [-0.05, 0) is 31.5 Å². The number of carbonyl (C=O) groups excluding carboxylic acids is 2. The van der Waals surface area contributed by atoms with Crippen molar-refractivity contribution >= 4 is 17.5 Å². The summed E-state index contributed by atoms with van der Waals surface area (Å²) in [5, 5.41) is 2.83. The second-order valence-corrected chi connectivity index (χ2v) is 5.25. The van der Waals surface area contributed by atoms with Gasteiger partial charge in [0.05, 0.1) is 11.3 Å². The van der Waals surface area contributed by atoms with Crippen LogP contribution in [0.15, 0.2) is 24.3 Å². The molecule has 1 aromatic rings. The number of hydrogen-bond donors (Lipinski definition) is 2. The van der Waals surface area contributed by atoms with Gasteiger partial charge in [0.2, 0.25) is 5.91 Å². The smallest absolute Gasteiger partial charge is 0.255 e. The van der Waals surface area contributed by atoms with E-state index >= 15 is 0 Å². The maximum Gasteiger partial charge on any atom is 0.255 e. The van der Waals surface area contributed by atoms with Crippen molar-refractivity contribution in [3.63, 3.8) is 0 Å². The molecule has 0 saturated carbocycles. The van der Waals surface area contributed by atoms with E-state index in [0.717, 1.165) is 25.7 Å². The van der Waals surface area contributed by atoms with Gasteiger partial charge in [-0.1, -0.05) is 25.0 Å². The highest BCUT2D eigenvalue weighted by Crippen LogP contribution is 2.17. The molecular formula is C16H25N3O2. The fourth-order valence-corrected chi connectivity index (χ4v) is 2.02. The fourth-order valence-electron chi connectivity index (χ4n) is 2.02. The Morgan fingerprint density at radius 3 is 2.43 bits per heavy atom. The van der Waals surface area contributed by atoms with E-state index in [4.69, 9.17) is 5.73 Å². The number of para-hydroxylation sites is 1. The first-order chi connectivity index (χ1) is 10.1. The zero-order valence-corrected chi connectivity index (χ0v) is 12.9. The number of amides is 2. The van der Waals surface area contributed by atoms with Crippen molar-refractivity contribution in [2.45, 2.75) is 32.1 Å². The maximum atomic E-state index is 12.0. The molecule has 0 aliphatic heterocycles. The Hall–Kier alpha value is -1.88. The van der Waals surface area contributed by atoms with Gasteiger partial charge in [0.25, 0.3) is 5.91 Å². The first kappa shape index (κ1) is 17.2. The molecule has 0 spiro atoms. The van der Waals surface area contributed by atoms with Crippen LogP contribution in [0.1, 0.15) is 42.5 Å². The highest BCUT2D eigenvalue weighted by molar-refractivity contribution is 6.03. The highest BCUT2D eigenvalue weighted by atomic mass is 16.2. The largest absolute Gasteiger partial charge is 0.345 e. The van der Waals surface area contributed by atoms with E-state index in [-0.39, 0.29) is 11.8 Å². The summed E-state index contributed by atoms with van der Waals surface area (Å²) in [6, 6.07) is 7.07. The molecule has 5 heteroatoms. The Morgan fingerprint density at radius 2 is 1.76 bits per heavy atom. The Kier molecular flexibility index (Phi) is 7.46. The standard InChI is InChI=1S/C16H25N3O2/c1-19(2)16(21)13-9-6-7-10-14(13)18-15(20)11-5-3-4-8-12-17/h6-7,9-10H,3-5,8,11-12,17H2,1-2H3,(H,18,20). The molecule has 2 amide bonds. The number of nitrogens with zero attached hydrogens (tertiary/aromatic N) is 1. The van der Waals surface area contributed by atoms with Crippen molar-refractivity contribution in [2.24, 2.45) is 5.73 Å². The van der Waals surface area contributed by atoms with Gasteiger partial charge in [-0.3, -0.25) is 9.59 Å². The third kappa shape index (κ3) is 5.95. The average Bonchev–Trinajstić information content (AvgIpc) is 2.46. The van der Waals surface area contributed by atoms with Gasteiger partial charge in [-0.25, -0.2) is 0 Å². The van der Waals surface area contributed by atoms with Crippen LogP contribution in [0, 0.1) is 0 Å². The van der Waals surface area contributed by atoms with E-state index in [1.807, 2.05) is 6.07 Å². The van der Waals surface area contributed by atoms with Gasteiger partial charge in [0.15, 0.2) is 0 Å². The van der Waals surface area contributed by atoms with Crippen LogP contribution < -0.4 is 11.1 Å².